The van der Waals surface area contributed by atoms with Crippen molar-refractivity contribution in [3.8, 4) is 0 Å². The van der Waals surface area contributed by atoms with Gasteiger partial charge in [0.25, 0.3) is 5.91 Å². The van der Waals surface area contributed by atoms with Crippen LogP contribution in [0.2, 0.25) is 0 Å². The molecular formula is C24H21NO4S2. The quantitative estimate of drug-likeness (QED) is 0.548. The number of carbonyl (C=O) groups excluding carboxylic acids is 1. The number of sulfone groups is 1. The predicted octanol–water partition coefficient (Wildman–Crippen LogP) is 4.74. The number of nitrogens with zero attached hydrogens (tertiary/aromatic N) is 1. The fraction of sp³-hybridized carbons (Fsp3) is 0.125. The number of thioether (sulfide) groups is 1. The molecule has 5 nitrogen and oxygen atoms in total. The number of carbonyl (C=O) groups is 1. The minimum atomic E-state index is -4.10. The Kier molecular flexibility index (Phi) is 5.89. The normalized spacial score (nSPS) is 16.7. The van der Waals surface area contributed by atoms with Crippen molar-refractivity contribution in [3.63, 3.8) is 0 Å². The molecule has 1 N–H and O–H groups in total. The third kappa shape index (κ3) is 3.98. The van der Waals surface area contributed by atoms with E-state index < -0.39 is 27.5 Å². The van der Waals surface area contributed by atoms with Gasteiger partial charge in [-0.15, -0.1) is 11.8 Å². The molecule has 1 aliphatic rings. The van der Waals surface area contributed by atoms with E-state index in [0.29, 0.717) is 5.56 Å². The lowest BCUT2D eigenvalue weighted by atomic mass is 10.1. The van der Waals surface area contributed by atoms with Crippen molar-refractivity contribution in [2.24, 2.45) is 0 Å². The van der Waals surface area contributed by atoms with Gasteiger partial charge in [-0.25, -0.2) is 8.42 Å². The molecule has 3 aromatic rings. The van der Waals surface area contributed by atoms with Crippen molar-refractivity contribution in [2.45, 2.75) is 22.4 Å². The summed E-state index contributed by atoms with van der Waals surface area (Å²) in [7, 11) is -4.10. The van der Waals surface area contributed by atoms with Gasteiger partial charge in [-0.05, 0) is 41.6 Å². The van der Waals surface area contributed by atoms with Gasteiger partial charge in [-0.1, -0.05) is 60.7 Å². The van der Waals surface area contributed by atoms with Crippen molar-refractivity contribution >= 4 is 27.5 Å². The molecule has 31 heavy (non-hydrogen) atoms. The van der Waals surface area contributed by atoms with E-state index >= 15 is 0 Å². The maximum Gasteiger partial charge on any atom is 0.290 e. The van der Waals surface area contributed by atoms with Crippen LogP contribution in [0, 0.1) is 0 Å². The summed E-state index contributed by atoms with van der Waals surface area (Å²) in [6.45, 7) is 0.173. The molecule has 1 amide bonds. The zero-order chi connectivity index (χ0) is 22.0. The number of benzene rings is 3. The Morgan fingerprint density at radius 2 is 1.48 bits per heavy atom. The minimum absolute atomic E-state index is 0.0386. The molecule has 0 saturated heterocycles. The fourth-order valence-electron chi connectivity index (χ4n) is 3.69. The van der Waals surface area contributed by atoms with Gasteiger partial charge in [0.1, 0.15) is 4.91 Å². The van der Waals surface area contributed by atoms with Gasteiger partial charge >= 0.3 is 0 Å². The smallest absolute Gasteiger partial charge is 0.290 e. The van der Waals surface area contributed by atoms with Crippen LogP contribution in [0.3, 0.4) is 0 Å². The molecule has 158 valence electrons. The van der Waals surface area contributed by atoms with Crippen LogP contribution in [-0.4, -0.2) is 30.6 Å². The van der Waals surface area contributed by atoms with Crippen molar-refractivity contribution < 1.29 is 18.3 Å². The highest BCUT2D eigenvalue weighted by atomic mass is 32.2. The SMILES string of the molecule is CSc1ccc([C@H]2C(S(=O)(=O)c3ccccc3)=C(O)C(=O)N2Cc2ccccc2)cc1. The third-order valence-corrected chi connectivity index (χ3v) is 7.86. The number of aliphatic hydroxyl groups excluding tert-OH is 1. The lowest BCUT2D eigenvalue weighted by Gasteiger charge is -2.27. The summed E-state index contributed by atoms with van der Waals surface area (Å²) in [5, 5.41) is 10.7. The Morgan fingerprint density at radius 3 is 2.06 bits per heavy atom. The first-order valence-corrected chi connectivity index (χ1v) is 12.4. The zero-order valence-corrected chi connectivity index (χ0v) is 18.4. The van der Waals surface area contributed by atoms with Gasteiger partial charge in [-0.2, -0.15) is 0 Å². The van der Waals surface area contributed by atoms with Crippen molar-refractivity contribution in [3.05, 3.63) is 107 Å². The van der Waals surface area contributed by atoms with E-state index in [-0.39, 0.29) is 16.3 Å². The lowest BCUT2D eigenvalue weighted by Crippen LogP contribution is -2.30. The highest BCUT2D eigenvalue weighted by Crippen LogP contribution is 2.43. The molecule has 0 aliphatic carbocycles. The average molecular weight is 452 g/mol. The van der Waals surface area contributed by atoms with Crippen molar-refractivity contribution in [2.75, 3.05) is 6.26 Å². The second-order valence-corrected chi connectivity index (χ2v) is 9.92. The Hall–Kier alpha value is -3.03. The Labute approximate surface area is 186 Å². The first-order valence-electron chi connectivity index (χ1n) is 9.65. The van der Waals surface area contributed by atoms with Crippen LogP contribution < -0.4 is 0 Å². The minimum Gasteiger partial charge on any atom is -0.502 e. The fourth-order valence-corrected chi connectivity index (χ4v) is 5.77. The average Bonchev–Trinajstić information content (AvgIpc) is 3.06. The summed E-state index contributed by atoms with van der Waals surface area (Å²) in [6.07, 6.45) is 1.95. The van der Waals surface area contributed by atoms with E-state index in [0.717, 1.165) is 10.5 Å². The first-order chi connectivity index (χ1) is 14.9. The largest absolute Gasteiger partial charge is 0.502 e. The van der Waals surface area contributed by atoms with Crippen LogP contribution in [-0.2, 0) is 21.2 Å². The summed E-state index contributed by atoms with van der Waals surface area (Å²) >= 11 is 1.57. The highest BCUT2D eigenvalue weighted by Gasteiger charge is 2.46. The van der Waals surface area contributed by atoms with E-state index in [1.54, 1.807) is 42.1 Å². The summed E-state index contributed by atoms with van der Waals surface area (Å²) in [6, 6.07) is 23.6. The van der Waals surface area contributed by atoms with Gasteiger partial charge < -0.3 is 10.0 Å². The maximum absolute atomic E-state index is 13.5. The summed E-state index contributed by atoms with van der Waals surface area (Å²) in [4.78, 5) is 15.2. The van der Waals surface area contributed by atoms with Crippen LogP contribution in [0.25, 0.3) is 0 Å². The van der Waals surface area contributed by atoms with Gasteiger partial charge in [0.05, 0.1) is 10.9 Å². The molecule has 1 aliphatic heterocycles. The second kappa shape index (κ2) is 8.61. The number of hydrogen-bond acceptors (Lipinski definition) is 5. The molecule has 0 spiro atoms. The molecular weight excluding hydrogens is 430 g/mol. The summed E-state index contributed by atoms with van der Waals surface area (Å²) < 4.78 is 27.0. The number of rotatable bonds is 6. The number of hydrogen-bond donors (Lipinski definition) is 1. The van der Waals surface area contributed by atoms with E-state index in [4.69, 9.17) is 0 Å². The molecule has 1 heterocycles. The van der Waals surface area contributed by atoms with Crippen molar-refractivity contribution in [1.82, 2.24) is 4.90 Å². The topological polar surface area (TPSA) is 74.7 Å². The van der Waals surface area contributed by atoms with Gasteiger partial charge in [0.15, 0.2) is 5.76 Å². The lowest BCUT2D eigenvalue weighted by molar-refractivity contribution is -0.130. The monoisotopic (exact) mass is 451 g/mol. The van der Waals surface area contributed by atoms with E-state index in [9.17, 15) is 18.3 Å². The standard InChI is InChI=1S/C24H21NO4S2/c1-30-19-14-12-18(13-15-19)21-23(31(28,29)20-10-6-3-7-11-20)22(26)24(27)25(21)16-17-8-4-2-5-9-17/h2-15,21,26H,16H2,1H3/t21-/m0/s1. The predicted molar refractivity (Wildman–Crippen MR) is 121 cm³/mol. The summed E-state index contributed by atoms with van der Waals surface area (Å²) in [5.41, 5.74) is 1.47. The van der Waals surface area contributed by atoms with Crippen LogP contribution in [0.5, 0.6) is 0 Å². The molecule has 3 aromatic carbocycles. The third-order valence-electron chi connectivity index (χ3n) is 5.23. The molecule has 0 aromatic heterocycles. The maximum atomic E-state index is 13.5. The second-order valence-electron chi connectivity index (χ2n) is 7.12. The van der Waals surface area contributed by atoms with Crippen LogP contribution in [0.15, 0.2) is 105 Å². The Morgan fingerprint density at radius 1 is 0.903 bits per heavy atom. The Bertz CT molecular complexity index is 1220. The number of aliphatic hydroxyl groups is 1. The molecule has 1 atom stereocenters. The van der Waals surface area contributed by atoms with E-state index in [1.165, 1.54) is 17.0 Å². The van der Waals surface area contributed by atoms with Crippen LogP contribution in [0.1, 0.15) is 17.2 Å². The molecule has 0 unspecified atom stereocenters. The zero-order valence-electron chi connectivity index (χ0n) is 16.8. The van der Waals surface area contributed by atoms with Gasteiger partial charge in [0, 0.05) is 11.4 Å². The van der Waals surface area contributed by atoms with Crippen LogP contribution >= 0.6 is 11.8 Å². The van der Waals surface area contributed by atoms with Crippen molar-refractivity contribution in [1.29, 1.82) is 0 Å². The van der Waals surface area contributed by atoms with Gasteiger partial charge in [0.2, 0.25) is 9.84 Å². The van der Waals surface area contributed by atoms with E-state index in [2.05, 4.69) is 0 Å². The first kappa shape index (κ1) is 21.2. The summed E-state index contributed by atoms with van der Waals surface area (Å²) in [5.74, 6) is -1.42. The highest BCUT2D eigenvalue weighted by molar-refractivity contribution is 7.98. The molecule has 7 heteroatoms. The van der Waals surface area contributed by atoms with Crippen LogP contribution in [0.4, 0.5) is 0 Å². The molecule has 0 bridgehead atoms. The number of amides is 1. The van der Waals surface area contributed by atoms with Gasteiger partial charge in [-0.3, -0.25) is 4.79 Å². The molecule has 0 fully saturated rings. The molecule has 0 saturated carbocycles. The molecule has 4 rings (SSSR count). The van der Waals surface area contributed by atoms with E-state index in [1.807, 2.05) is 48.7 Å². The Balaban J connectivity index is 1.85. The molecule has 0 radical (unpaired) electrons.